The Morgan fingerprint density at radius 3 is 2.33 bits per heavy atom. The summed E-state index contributed by atoms with van der Waals surface area (Å²) in [7, 11) is 0. The molecule has 0 amide bonds. The lowest BCUT2D eigenvalue weighted by Crippen LogP contribution is -2.41. The molecule has 3 rings (SSSR count). The Bertz CT molecular complexity index is 387. The van der Waals surface area contributed by atoms with Crippen LogP contribution >= 0.6 is 0 Å². The minimum absolute atomic E-state index is 0.686. The molecule has 3 unspecified atom stereocenters. The summed E-state index contributed by atoms with van der Waals surface area (Å²) in [5.74, 6) is 1.81. The molecule has 1 nitrogen and oxygen atoms in total. The van der Waals surface area contributed by atoms with Crippen LogP contribution in [-0.2, 0) is 12.8 Å². The molecule has 0 bridgehead atoms. The number of hydrogen-bond donors (Lipinski definition) is 1. The average molecular weight is 243 g/mol. The van der Waals surface area contributed by atoms with Gasteiger partial charge in [0.1, 0.15) is 0 Å². The third kappa shape index (κ3) is 2.21. The molecule has 0 saturated heterocycles. The Balaban J connectivity index is 1.60. The summed E-state index contributed by atoms with van der Waals surface area (Å²) in [4.78, 5) is 0. The van der Waals surface area contributed by atoms with Crippen LogP contribution in [0.1, 0.15) is 44.2 Å². The monoisotopic (exact) mass is 243 g/mol. The van der Waals surface area contributed by atoms with E-state index in [1.165, 1.54) is 32.1 Å². The summed E-state index contributed by atoms with van der Waals surface area (Å²) >= 11 is 0. The minimum Gasteiger partial charge on any atom is -0.310 e. The van der Waals surface area contributed by atoms with E-state index in [2.05, 4.69) is 43.4 Å². The van der Waals surface area contributed by atoms with Gasteiger partial charge in [0.15, 0.2) is 0 Å². The van der Waals surface area contributed by atoms with E-state index in [4.69, 9.17) is 0 Å². The second-order valence-electron chi connectivity index (χ2n) is 6.25. The van der Waals surface area contributed by atoms with Crippen LogP contribution in [0.15, 0.2) is 24.3 Å². The van der Waals surface area contributed by atoms with Crippen molar-refractivity contribution in [2.45, 2.75) is 58.0 Å². The molecule has 1 N–H and O–H groups in total. The number of rotatable bonds is 3. The van der Waals surface area contributed by atoms with E-state index in [1.807, 2.05) is 0 Å². The van der Waals surface area contributed by atoms with Crippen molar-refractivity contribution in [1.29, 1.82) is 0 Å². The summed E-state index contributed by atoms with van der Waals surface area (Å²) in [5.41, 5.74) is 3.13. The predicted octanol–water partition coefficient (Wildman–Crippen LogP) is 3.57. The fourth-order valence-electron chi connectivity index (χ4n) is 4.04. The highest BCUT2D eigenvalue weighted by Crippen LogP contribution is 2.35. The van der Waals surface area contributed by atoms with Crippen molar-refractivity contribution < 1.29 is 0 Å². The van der Waals surface area contributed by atoms with Crippen molar-refractivity contribution in [2.75, 3.05) is 0 Å². The molecule has 1 saturated carbocycles. The molecule has 1 aromatic rings. The van der Waals surface area contributed by atoms with Gasteiger partial charge in [0, 0.05) is 12.1 Å². The zero-order valence-electron chi connectivity index (χ0n) is 11.7. The Hall–Kier alpha value is -0.820. The maximum absolute atomic E-state index is 3.94. The molecule has 18 heavy (non-hydrogen) atoms. The van der Waals surface area contributed by atoms with Gasteiger partial charge < -0.3 is 5.32 Å². The van der Waals surface area contributed by atoms with Gasteiger partial charge >= 0.3 is 0 Å². The van der Waals surface area contributed by atoms with Crippen LogP contribution in [0.3, 0.4) is 0 Å². The predicted molar refractivity (Wildman–Crippen MR) is 76.7 cm³/mol. The van der Waals surface area contributed by atoms with Crippen LogP contribution in [0.25, 0.3) is 0 Å². The number of hydrogen-bond acceptors (Lipinski definition) is 1. The topological polar surface area (TPSA) is 12.0 Å². The molecular weight excluding hydrogens is 218 g/mol. The van der Waals surface area contributed by atoms with E-state index < -0.39 is 0 Å². The number of fused-ring (bicyclic) bond motifs is 1. The van der Waals surface area contributed by atoms with Crippen LogP contribution in [0, 0.1) is 11.8 Å². The molecule has 1 fully saturated rings. The van der Waals surface area contributed by atoms with Crippen LogP contribution in [0.5, 0.6) is 0 Å². The number of benzene rings is 1. The van der Waals surface area contributed by atoms with Gasteiger partial charge in [-0.2, -0.15) is 0 Å². The van der Waals surface area contributed by atoms with Crippen molar-refractivity contribution in [3.05, 3.63) is 35.4 Å². The van der Waals surface area contributed by atoms with Crippen molar-refractivity contribution in [1.82, 2.24) is 5.32 Å². The summed E-state index contributed by atoms with van der Waals surface area (Å²) in [6, 6.07) is 10.4. The molecule has 0 radical (unpaired) electrons. The minimum atomic E-state index is 0.686. The lowest BCUT2D eigenvalue weighted by molar-refractivity contribution is 0.322. The van der Waals surface area contributed by atoms with E-state index in [-0.39, 0.29) is 0 Å². The quantitative estimate of drug-likeness (QED) is 0.856. The SMILES string of the molecule is CCC1CCC(NC2Cc3ccccc3C2)C1C. The largest absolute Gasteiger partial charge is 0.310 e. The van der Waals surface area contributed by atoms with Gasteiger partial charge in [-0.05, 0) is 48.6 Å². The Morgan fingerprint density at radius 1 is 1.11 bits per heavy atom. The maximum atomic E-state index is 3.94. The van der Waals surface area contributed by atoms with Gasteiger partial charge in [0.2, 0.25) is 0 Å². The molecular formula is C17H25N. The second kappa shape index (κ2) is 5.05. The first kappa shape index (κ1) is 12.2. The van der Waals surface area contributed by atoms with Crippen LogP contribution in [0.2, 0.25) is 0 Å². The summed E-state index contributed by atoms with van der Waals surface area (Å²) in [6.45, 7) is 4.79. The molecule has 0 aliphatic heterocycles. The van der Waals surface area contributed by atoms with Gasteiger partial charge in [0.25, 0.3) is 0 Å². The normalized spacial score (nSPS) is 31.8. The van der Waals surface area contributed by atoms with Gasteiger partial charge in [-0.15, -0.1) is 0 Å². The highest BCUT2D eigenvalue weighted by molar-refractivity contribution is 5.33. The van der Waals surface area contributed by atoms with E-state index in [9.17, 15) is 0 Å². The number of nitrogens with one attached hydrogen (secondary N) is 1. The third-order valence-electron chi connectivity index (χ3n) is 5.25. The van der Waals surface area contributed by atoms with Gasteiger partial charge in [0.05, 0.1) is 0 Å². The second-order valence-corrected chi connectivity index (χ2v) is 6.25. The summed E-state index contributed by atoms with van der Waals surface area (Å²) < 4.78 is 0. The first-order valence-corrected chi connectivity index (χ1v) is 7.60. The maximum Gasteiger partial charge on any atom is 0.0151 e. The third-order valence-corrected chi connectivity index (χ3v) is 5.25. The molecule has 0 spiro atoms. The standard InChI is InChI=1S/C17H25N/c1-3-13-8-9-17(12(13)2)18-16-10-14-6-4-5-7-15(14)11-16/h4-7,12-13,16-18H,3,8-11H2,1-2H3. The van der Waals surface area contributed by atoms with Crippen molar-refractivity contribution >= 4 is 0 Å². The average Bonchev–Trinajstić information content (AvgIpc) is 2.94. The van der Waals surface area contributed by atoms with E-state index in [0.29, 0.717) is 6.04 Å². The van der Waals surface area contributed by atoms with Crippen molar-refractivity contribution in [3.8, 4) is 0 Å². The highest BCUT2D eigenvalue weighted by atomic mass is 15.0. The smallest absolute Gasteiger partial charge is 0.0151 e. The van der Waals surface area contributed by atoms with Gasteiger partial charge in [-0.25, -0.2) is 0 Å². The highest BCUT2D eigenvalue weighted by Gasteiger charge is 2.33. The van der Waals surface area contributed by atoms with E-state index >= 15 is 0 Å². The Labute approximate surface area is 111 Å². The molecule has 2 aliphatic carbocycles. The lowest BCUT2D eigenvalue weighted by atomic mass is 9.93. The zero-order valence-corrected chi connectivity index (χ0v) is 11.7. The molecule has 1 aromatic carbocycles. The van der Waals surface area contributed by atoms with Crippen molar-refractivity contribution in [3.63, 3.8) is 0 Å². The molecule has 1 heteroatoms. The van der Waals surface area contributed by atoms with Crippen LogP contribution < -0.4 is 5.32 Å². The van der Waals surface area contributed by atoms with E-state index in [0.717, 1.165) is 17.9 Å². The van der Waals surface area contributed by atoms with Gasteiger partial charge in [-0.3, -0.25) is 0 Å². The molecule has 2 aliphatic rings. The van der Waals surface area contributed by atoms with E-state index in [1.54, 1.807) is 11.1 Å². The molecule has 0 aromatic heterocycles. The molecule has 98 valence electrons. The Morgan fingerprint density at radius 2 is 1.78 bits per heavy atom. The molecule has 0 heterocycles. The first-order valence-electron chi connectivity index (χ1n) is 7.60. The van der Waals surface area contributed by atoms with Crippen LogP contribution in [-0.4, -0.2) is 12.1 Å². The first-order chi connectivity index (χ1) is 8.78. The molecule has 3 atom stereocenters. The fourth-order valence-corrected chi connectivity index (χ4v) is 4.04. The summed E-state index contributed by atoms with van der Waals surface area (Å²) in [6.07, 6.45) is 6.62. The lowest BCUT2D eigenvalue weighted by Gasteiger charge is -2.24. The summed E-state index contributed by atoms with van der Waals surface area (Å²) in [5, 5.41) is 3.94. The zero-order chi connectivity index (χ0) is 12.5. The van der Waals surface area contributed by atoms with Crippen molar-refractivity contribution in [2.24, 2.45) is 11.8 Å². The van der Waals surface area contributed by atoms with Gasteiger partial charge in [-0.1, -0.05) is 44.5 Å². The van der Waals surface area contributed by atoms with Crippen LogP contribution in [0.4, 0.5) is 0 Å². The Kier molecular flexibility index (Phi) is 3.43. The fraction of sp³-hybridized carbons (Fsp3) is 0.647.